The number of hydrogen-bond acceptors (Lipinski definition) is 3. The van der Waals surface area contributed by atoms with Crippen LogP contribution in [0.2, 0.25) is 0 Å². The van der Waals surface area contributed by atoms with Crippen LogP contribution in [0.4, 0.5) is 0 Å². The number of aliphatic carboxylic acids is 1. The van der Waals surface area contributed by atoms with Crippen molar-refractivity contribution < 1.29 is 14.7 Å². The maximum absolute atomic E-state index is 11.8. The molecule has 0 aliphatic carbocycles. The third kappa shape index (κ3) is 3.84. The van der Waals surface area contributed by atoms with E-state index < -0.39 is 17.8 Å². The molecule has 0 fully saturated rings. The number of nitrogens with one attached hydrogen (secondary N) is 1. The van der Waals surface area contributed by atoms with E-state index in [1.165, 1.54) is 10.4 Å². The highest BCUT2D eigenvalue weighted by Gasteiger charge is 2.29. The topological polar surface area (TPSA) is 66.4 Å². The van der Waals surface area contributed by atoms with Crippen LogP contribution in [0.25, 0.3) is 0 Å². The normalized spacial score (nSPS) is 12.4. The van der Waals surface area contributed by atoms with Crippen molar-refractivity contribution in [3.05, 3.63) is 21.9 Å². The number of carbonyl (C=O) groups excluding carboxylic acids is 1. The molecular weight excluding hydrogens is 250 g/mol. The Labute approximate surface area is 111 Å². The van der Waals surface area contributed by atoms with E-state index in [4.69, 9.17) is 5.11 Å². The standard InChI is InChI=1S/C13H19NO3S/c1-8(2)11(13(16)17)12(15)14-6-4-10-9(3)5-7-18-10/h5,7-8,11H,4,6H2,1-3H3,(H,14,15)(H,16,17). The molecule has 0 spiro atoms. The molecule has 100 valence electrons. The molecule has 1 aromatic heterocycles. The van der Waals surface area contributed by atoms with Gasteiger partial charge < -0.3 is 10.4 Å². The fourth-order valence-electron chi connectivity index (χ4n) is 1.77. The minimum absolute atomic E-state index is 0.203. The van der Waals surface area contributed by atoms with Gasteiger partial charge in [-0.05, 0) is 36.3 Å². The molecule has 0 aromatic carbocycles. The number of carbonyl (C=O) groups is 2. The molecule has 1 unspecified atom stereocenters. The molecule has 5 heteroatoms. The highest BCUT2D eigenvalue weighted by Crippen LogP contribution is 2.16. The molecule has 0 saturated heterocycles. The molecule has 1 heterocycles. The van der Waals surface area contributed by atoms with Gasteiger partial charge in [0.15, 0.2) is 0 Å². The van der Waals surface area contributed by atoms with Crippen LogP contribution in [-0.4, -0.2) is 23.5 Å². The average molecular weight is 269 g/mol. The lowest BCUT2D eigenvalue weighted by molar-refractivity contribution is -0.148. The lowest BCUT2D eigenvalue weighted by Crippen LogP contribution is -2.39. The zero-order chi connectivity index (χ0) is 13.7. The second-order valence-electron chi connectivity index (χ2n) is 4.63. The average Bonchev–Trinajstić information content (AvgIpc) is 2.63. The van der Waals surface area contributed by atoms with Gasteiger partial charge in [0.05, 0.1) is 0 Å². The van der Waals surface area contributed by atoms with Crippen molar-refractivity contribution in [3.63, 3.8) is 0 Å². The molecule has 0 radical (unpaired) electrons. The van der Waals surface area contributed by atoms with Crippen molar-refractivity contribution in [2.24, 2.45) is 11.8 Å². The molecule has 0 saturated carbocycles. The van der Waals surface area contributed by atoms with Crippen LogP contribution in [0.5, 0.6) is 0 Å². The van der Waals surface area contributed by atoms with Gasteiger partial charge in [0.1, 0.15) is 5.92 Å². The molecule has 1 aromatic rings. The minimum Gasteiger partial charge on any atom is -0.481 e. The van der Waals surface area contributed by atoms with E-state index >= 15 is 0 Å². The van der Waals surface area contributed by atoms with Crippen molar-refractivity contribution >= 4 is 23.2 Å². The van der Waals surface area contributed by atoms with Gasteiger partial charge in [-0.1, -0.05) is 13.8 Å². The van der Waals surface area contributed by atoms with E-state index in [9.17, 15) is 9.59 Å². The maximum Gasteiger partial charge on any atom is 0.316 e. The maximum atomic E-state index is 11.8. The van der Waals surface area contributed by atoms with Gasteiger partial charge >= 0.3 is 5.97 Å². The first-order chi connectivity index (χ1) is 8.43. The quantitative estimate of drug-likeness (QED) is 0.777. The summed E-state index contributed by atoms with van der Waals surface area (Å²) in [5.74, 6) is -2.62. The third-order valence-electron chi connectivity index (χ3n) is 2.83. The smallest absolute Gasteiger partial charge is 0.316 e. The van der Waals surface area contributed by atoms with Crippen LogP contribution in [0.15, 0.2) is 11.4 Å². The Bertz CT molecular complexity index is 426. The highest BCUT2D eigenvalue weighted by atomic mass is 32.1. The van der Waals surface area contributed by atoms with Crippen LogP contribution < -0.4 is 5.32 Å². The molecule has 2 N–H and O–H groups in total. The lowest BCUT2D eigenvalue weighted by atomic mass is 9.95. The van der Waals surface area contributed by atoms with Crippen LogP contribution in [0.3, 0.4) is 0 Å². The highest BCUT2D eigenvalue weighted by molar-refractivity contribution is 7.10. The van der Waals surface area contributed by atoms with Gasteiger partial charge in [-0.15, -0.1) is 11.3 Å². The summed E-state index contributed by atoms with van der Waals surface area (Å²) in [6.45, 7) is 5.99. The van der Waals surface area contributed by atoms with E-state index in [0.717, 1.165) is 6.42 Å². The summed E-state index contributed by atoms with van der Waals surface area (Å²) in [6, 6.07) is 2.04. The van der Waals surface area contributed by atoms with Crippen LogP contribution in [-0.2, 0) is 16.0 Å². The van der Waals surface area contributed by atoms with Crippen molar-refractivity contribution in [3.8, 4) is 0 Å². The molecule has 1 atom stereocenters. The first kappa shape index (κ1) is 14.7. The molecule has 18 heavy (non-hydrogen) atoms. The van der Waals surface area contributed by atoms with E-state index in [0.29, 0.717) is 6.54 Å². The molecule has 0 aliphatic rings. The number of hydrogen-bond donors (Lipinski definition) is 2. The summed E-state index contributed by atoms with van der Waals surface area (Å²) in [6.07, 6.45) is 0.750. The lowest BCUT2D eigenvalue weighted by Gasteiger charge is -2.15. The zero-order valence-corrected chi connectivity index (χ0v) is 11.7. The molecule has 0 bridgehead atoms. The third-order valence-corrected chi connectivity index (χ3v) is 3.92. The second-order valence-corrected chi connectivity index (χ2v) is 5.63. The number of thiophene rings is 1. The van der Waals surface area contributed by atoms with Crippen molar-refractivity contribution in [1.29, 1.82) is 0 Å². The summed E-state index contributed by atoms with van der Waals surface area (Å²) < 4.78 is 0. The van der Waals surface area contributed by atoms with Gasteiger partial charge in [0.25, 0.3) is 0 Å². The Hall–Kier alpha value is -1.36. The Morgan fingerprint density at radius 3 is 2.56 bits per heavy atom. The van der Waals surface area contributed by atoms with Crippen LogP contribution in [0.1, 0.15) is 24.3 Å². The zero-order valence-electron chi connectivity index (χ0n) is 10.9. The van der Waals surface area contributed by atoms with E-state index in [-0.39, 0.29) is 5.92 Å². The van der Waals surface area contributed by atoms with Gasteiger partial charge in [0, 0.05) is 11.4 Å². The molecule has 0 aliphatic heterocycles. The SMILES string of the molecule is Cc1ccsc1CCNC(=O)C(C(=O)O)C(C)C. The molecule has 4 nitrogen and oxygen atoms in total. The Morgan fingerprint density at radius 1 is 1.44 bits per heavy atom. The summed E-state index contributed by atoms with van der Waals surface area (Å²) in [4.78, 5) is 23.9. The Morgan fingerprint density at radius 2 is 2.11 bits per heavy atom. The van der Waals surface area contributed by atoms with Gasteiger partial charge in [-0.25, -0.2) is 0 Å². The second kappa shape index (κ2) is 6.54. The fraction of sp³-hybridized carbons (Fsp3) is 0.538. The van der Waals surface area contributed by atoms with Crippen LogP contribution >= 0.6 is 11.3 Å². The van der Waals surface area contributed by atoms with Crippen molar-refractivity contribution in [2.45, 2.75) is 27.2 Å². The first-order valence-electron chi connectivity index (χ1n) is 5.97. The van der Waals surface area contributed by atoms with Crippen molar-refractivity contribution in [1.82, 2.24) is 5.32 Å². The minimum atomic E-state index is -1.06. The molecule has 1 amide bonds. The largest absolute Gasteiger partial charge is 0.481 e. The summed E-state index contributed by atoms with van der Waals surface area (Å²) in [5.41, 5.74) is 1.22. The van der Waals surface area contributed by atoms with E-state index in [1.54, 1.807) is 25.2 Å². The van der Waals surface area contributed by atoms with Gasteiger partial charge in [-0.2, -0.15) is 0 Å². The van der Waals surface area contributed by atoms with Crippen molar-refractivity contribution in [2.75, 3.05) is 6.54 Å². The number of carboxylic acids is 1. The van der Waals surface area contributed by atoms with Gasteiger partial charge in [0.2, 0.25) is 5.91 Å². The Balaban J connectivity index is 2.46. The molecule has 1 rings (SSSR count). The monoisotopic (exact) mass is 269 g/mol. The predicted octanol–water partition coefficient (Wildman–Crippen LogP) is 2.07. The van der Waals surface area contributed by atoms with E-state index in [1.807, 2.05) is 18.4 Å². The Kier molecular flexibility index (Phi) is 5.34. The van der Waals surface area contributed by atoms with Crippen LogP contribution in [0, 0.1) is 18.8 Å². The summed E-state index contributed by atoms with van der Waals surface area (Å²) >= 11 is 1.65. The molecular formula is C13H19NO3S. The fourth-order valence-corrected chi connectivity index (χ4v) is 2.68. The summed E-state index contributed by atoms with van der Waals surface area (Å²) in [5, 5.41) is 13.7. The predicted molar refractivity (Wildman–Crippen MR) is 71.7 cm³/mol. The number of carboxylic acid groups (broad SMARTS) is 1. The van der Waals surface area contributed by atoms with Gasteiger partial charge in [-0.3, -0.25) is 9.59 Å². The first-order valence-corrected chi connectivity index (χ1v) is 6.85. The number of aryl methyl sites for hydroxylation is 1. The number of rotatable bonds is 6. The number of amides is 1. The van der Waals surface area contributed by atoms with E-state index in [2.05, 4.69) is 5.32 Å². The summed E-state index contributed by atoms with van der Waals surface area (Å²) in [7, 11) is 0.